The monoisotopic (exact) mass is 404 g/mol. The smallest absolute Gasteiger partial charge is 0.246 e. The minimum absolute atomic E-state index is 0.126. The maximum atomic E-state index is 13.2. The van der Waals surface area contributed by atoms with Gasteiger partial charge in [-0.05, 0) is 49.7 Å². The minimum atomic E-state index is -0.543. The van der Waals surface area contributed by atoms with E-state index in [1.165, 1.54) is 0 Å². The molecule has 3 rings (SSSR count). The molecule has 0 saturated heterocycles. The van der Waals surface area contributed by atoms with E-state index in [1.807, 2.05) is 86.6 Å². The van der Waals surface area contributed by atoms with Crippen LogP contribution in [0.1, 0.15) is 35.7 Å². The third-order valence-corrected chi connectivity index (χ3v) is 5.03. The SMILES string of the molecule is COc1ccc(OC)c(C(C)NC(C(=O)Nc2ccc(C)cc2)c2ccccc2)c1. The van der Waals surface area contributed by atoms with E-state index in [2.05, 4.69) is 10.6 Å². The van der Waals surface area contributed by atoms with Crippen LogP contribution in [0.4, 0.5) is 5.69 Å². The molecular weight excluding hydrogens is 376 g/mol. The first-order valence-electron chi connectivity index (χ1n) is 9.92. The zero-order chi connectivity index (χ0) is 21.5. The average Bonchev–Trinajstić information content (AvgIpc) is 2.78. The second-order valence-electron chi connectivity index (χ2n) is 7.20. The summed E-state index contributed by atoms with van der Waals surface area (Å²) in [6, 6.07) is 22.4. The largest absolute Gasteiger partial charge is 0.497 e. The summed E-state index contributed by atoms with van der Waals surface area (Å²) in [5, 5.41) is 6.48. The summed E-state index contributed by atoms with van der Waals surface area (Å²) in [5.41, 5.74) is 3.71. The van der Waals surface area contributed by atoms with Crippen molar-refractivity contribution in [1.29, 1.82) is 0 Å². The van der Waals surface area contributed by atoms with E-state index in [4.69, 9.17) is 9.47 Å². The minimum Gasteiger partial charge on any atom is -0.497 e. The predicted molar refractivity (Wildman–Crippen MR) is 120 cm³/mol. The fraction of sp³-hybridized carbons (Fsp3) is 0.240. The molecule has 1 amide bonds. The molecule has 2 unspecified atom stereocenters. The van der Waals surface area contributed by atoms with E-state index in [0.29, 0.717) is 0 Å². The van der Waals surface area contributed by atoms with Crippen LogP contribution in [-0.4, -0.2) is 20.1 Å². The van der Waals surface area contributed by atoms with Gasteiger partial charge in [0.15, 0.2) is 0 Å². The topological polar surface area (TPSA) is 59.6 Å². The first-order valence-corrected chi connectivity index (χ1v) is 9.92. The molecule has 30 heavy (non-hydrogen) atoms. The lowest BCUT2D eigenvalue weighted by Gasteiger charge is -2.25. The van der Waals surface area contributed by atoms with Gasteiger partial charge in [0.25, 0.3) is 0 Å². The predicted octanol–water partition coefficient (Wildman–Crippen LogP) is 5.04. The highest BCUT2D eigenvalue weighted by Crippen LogP contribution is 2.31. The maximum Gasteiger partial charge on any atom is 0.246 e. The van der Waals surface area contributed by atoms with Crippen molar-refractivity contribution in [2.45, 2.75) is 25.9 Å². The molecule has 5 heteroatoms. The third-order valence-electron chi connectivity index (χ3n) is 5.03. The number of anilines is 1. The van der Waals surface area contributed by atoms with Gasteiger partial charge in [-0.2, -0.15) is 0 Å². The molecule has 0 aliphatic rings. The van der Waals surface area contributed by atoms with Gasteiger partial charge in [0.1, 0.15) is 17.5 Å². The Labute approximate surface area is 178 Å². The number of rotatable bonds is 8. The van der Waals surface area contributed by atoms with E-state index in [1.54, 1.807) is 14.2 Å². The van der Waals surface area contributed by atoms with Gasteiger partial charge in [-0.3, -0.25) is 10.1 Å². The van der Waals surface area contributed by atoms with E-state index >= 15 is 0 Å². The third kappa shape index (κ3) is 5.19. The quantitative estimate of drug-likeness (QED) is 0.552. The fourth-order valence-electron chi connectivity index (χ4n) is 3.34. The first kappa shape index (κ1) is 21.4. The number of ether oxygens (including phenoxy) is 2. The van der Waals surface area contributed by atoms with Crippen molar-refractivity contribution in [1.82, 2.24) is 5.32 Å². The van der Waals surface area contributed by atoms with Crippen LogP contribution in [-0.2, 0) is 4.79 Å². The molecule has 0 radical (unpaired) electrons. The maximum absolute atomic E-state index is 13.2. The Kier molecular flexibility index (Phi) is 7.09. The number of hydrogen-bond acceptors (Lipinski definition) is 4. The summed E-state index contributed by atoms with van der Waals surface area (Å²) in [5.74, 6) is 1.35. The molecule has 3 aromatic carbocycles. The summed E-state index contributed by atoms with van der Waals surface area (Å²) in [6.45, 7) is 4.02. The zero-order valence-corrected chi connectivity index (χ0v) is 17.8. The Morgan fingerprint density at radius 2 is 1.60 bits per heavy atom. The molecule has 0 bridgehead atoms. The van der Waals surface area contributed by atoms with Crippen LogP contribution in [0.2, 0.25) is 0 Å². The van der Waals surface area contributed by atoms with E-state index in [-0.39, 0.29) is 11.9 Å². The van der Waals surface area contributed by atoms with Gasteiger partial charge < -0.3 is 14.8 Å². The van der Waals surface area contributed by atoms with Gasteiger partial charge in [0, 0.05) is 17.3 Å². The highest BCUT2D eigenvalue weighted by molar-refractivity contribution is 5.95. The van der Waals surface area contributed by atoms with Gasteiger partial charge >= 0.3 is 0 Å². The molecule has 2 N–H and O–H groups in total. The van der Waals surface area contributed by atoms with E-state index in [9.17, 15) is 4.79 Å². The standard InChI is InChI=1S/C25H28N2O3/c1-17-10-12-20(13-11-17)27-25(28)24(19-8-6-5-7-9-19)26-18(2)22-16-21(29-3)14-15-23(22)30-4/h5-16,18,24,26H,1-4H3,(H,27,28). The van der Waals surface area contributed by atoms with Gasteiger partial charge in [0.2, 0.25) is 5.91 Å². The van der Waals surface area contributed by atoms with Crippen LogP contribution in [0.3, 0.4) is 0 Å². The molecule has 0 aliphatic carbocycles. The van der Waals surface area contributed by atoms with Gasteiger partial charge in [-0.1, -0.05) is 48.0 Å². The Morgan fingerprint density at radius 1 is 0.900 bits per heavy atom. The lowest BCUT2D eigenvalue weighted by molar-refractivity contribution is -0.118. The van der Waals surface area contributed by atoms with Crippen LogP contribution in [0.15, 0.2) is 72.8 Å². The Bertz CT molecular complexity index is 971. The van der Waals surface area contributed by atoms with Crippen molar-refractivity contribution in [3.05, 3.63) is 89.5 Å². The Morgan fingerprint density at radius 3 is 2.23 bits per heavy atom. The molecule has 0 saturated carbocycles. The van der Waals surface area contributed by atoms with Crippen LogP contribution in [0, 0.1) is 6.92 Å². The number of amides is 1. The van der Waals surface area contributed by atoms with Crippen molar-refractivity contribution >= 4 is 11.6 Å². The van der Waals surface area contributed by atoms with Crippen molar-refractivity contribution in [2.24, 2.45) is 0 Å². The lowest BCUT2D eigenvalue weighted by Crippen LogP contribution is -2.34. The fourth-order valence-corrected chi connectivity index (χ4v) is 3.34. The van der Waals surface area contributed by atoms with Crippen LogP contribution >= 0.6 is 0 Å². The highest BCUT2D eigenvalue weighted by Gasteiger charge is 2.24. The highest BCUT2D eigenvalue weighted by atomic mass is 16.5. The molecule has 156 valence electrons. The molecule has 5 nitrogen and oxygen atoms in total. The lowest BCUT2D eigenvalue weighted by atomic mass is 10.0. The molecular formula is C25H28N2O3. The van der Waals surface area contributed by atoms with Crippen LogP contribution < -0.4 is 20.1 Å². The van der Waals surface area contributed by atoms with Gasteiger partial charge in [0.05, 0.1) is 14.2 Å². The van der Waals surface area contributed by atoms with Crippen LogP contribution in [0.5, 0.6) is 11.5 Å². The van der Waals surface area contributed by atoms with Crippen LogP contribution in [0.25, 0.3) is 0 Å². The van der Waals surface area contributed by atoms with Gasteiger partial charge in [-0.15, -0.1) is 0 Å². The Hall–Kier alpha value is -3.31. The molecule has 0 aromatic heterocycles. The van der Waals surface area contributed by atoms with E-state index < -0.39 is 6.04 Å². The van der Waals surface area contributed by atoms with Crippen molar-refractivity contribution in [3.8, 4) is 11.5 Å². The number of methoxy groups -OCH3 is 2. The van der Waals surface area contributed by atoms with Crippen molar-refractivity contribution < 1.29 is 14.3 Å². The normalized spacial score (nSPS) is 12.7. The second kappa shape index (κ2) is 9.94. The summed E-state index contributed by atoms with van der Waals surface area (Å²) in [6.07, 6.45) is 0. The van der Waals surface area contributed by atoms with Gasteiger partial charge in [-0.25, -0.2) is 0 Å². The molecule has 0 aliphatic heterocycles. The van der Waals surface area contributed by atoms with E-state index in [0.717, 1.165) is 33.9 Å². The second-order valence-corrected chi connectivity index (χ2v) is 7.20. The molecule has 3 aromatic rings. The number of aryl methyl sites for hydroxylation is 1. The molecule has 0 heterocycles. The first-order chi connectivity index (χ1) is 14.5. The van der Waals surface area contributed by atoms with Crippen molar-refractivity contribution in [3.63, 3.8) is 0 Å². The zero-order valence-electron chi connectivity index (χ0n) is 17.8. The van der Waals surface area contributed by atoms with Crippen molar-refractivity contribution in [2.75, 3.05) is 19.5 Å². The summed E-state index contributed by atoms with van der Waals surface area (Å²) < 4.78 is 10.9. The summed E-state index contributed by atoms with van der Waals surface area (Å²) in [7, 11) is 3.27. The summed E-state index contributed by atoms with van der Waals surface area (Å²) in [4.78, 5) is 13.2. The molecule has 2 atom stereocenters. The number of nitrogens with one attached hydrogen (secondary N) is 2. The number of benzene rings is 3. The molecule has 0 fully saturated rings. The summed E-state index contributed by atoms with van der Waals surface area (Å²) >= 11 is 0. The number of hydrogen-bond donors (Lipinski definition) is 2. The number of carbonyl (C=O) groups excluding carboxylic acids is 1. The molecule has 0 spiro atoms. The Balaban J connectivity index is 1.88. The average molecular weight is 405 g/mol. The number of carbonyl (C=O) groups is 1.